The molecule has 5 nitrogen and oxygen atoms in total. The zero-order chi connectivity index (χ0) is 17.4. The third-order valence-corrected chi connectivity index (χ3v) is 3.68. The lowest BCUT2D eigenvalue weighted by atomic mass is 10.2. The quantitative estimate of drug-likeness (QED) is 0.287. The zero-order valence-electron chi connectivity index (χ0n) is 15.1. The minimum Gasteiger partial charge on any atom is -0.357 e. The van der Waals surface area contributed by atoms with Gasteiger partial charge in [-0.2, -0.15) is 0 Å². The summed E-state index contributed by atoms with van der Waals surface area (Å²) in [6.07, 6.45) is 5.65. The number of imidazole rings is 1. The van der Waals surface area contributed by atoms with E-state index in [1.165, 1.54) is 6.07 Å². The maximum Gasteiger partial charge on any atom is 0.191 e. The number of aryl methyl sites for hydroxylation is 1. The van der Waals surface area contributed by atoms with Crippen LogP contribution in [0.3, 0.4) is 0 Å². The fourth-order valence-electron chi connectivity index (χ4n) is 2.37. The largest absolute Gasteiger partial charge is 0.357 e. The van der Waals surface area contributed by atoms with E-state index < -0.39 is 0 Å². The van der Waals surface area contributed by atoms with E-state index in [1.807, 2.05) is 19.9 Å². The van der Waals surface area contributed by atoms with Gasteiger partial charge in [-0.1, -0.05) is 19.4 Å². The second kappa shape index (κ2) is 11.1. The second-order valence-corrected chi connectivity index (χ2v) is 5.61. The zero-order valence-corrected chi connectivity index (χ0v) is 17.4. The Balaban J connectivity index is 0.00000312. The molecule has 7 heteroatoms. The monoisotopic (exact) mass is 459 g/mol. The third kappa shape index (κ3) is 6.30. The summed E-state index contributed by atoms with van der Waals surface area (Å²) < 4.78 is 16.1. The van der Waals surface area contributed by atoms with E-state index in [0.717, 1.165) is 43.3 Å². The number of nitrogens with zero attached hydrogens (tertiary/aromatic N) is 3. The van der Waals surface area contributed by atoms with Crippen LogP contribution in [0.4, 0.5) is 4.39 Å². The van der Waals surface area contributed by atoms with Gasteiger partial charge in [-0.15, -0.1) is 24.0 Å². The summed E-state index contributed by atoms with van der Waals surface area (Å²) in [4.78, 5) is 8.65. The van der Waals surface area contributed by atoms with Crippen LogP contribution in [0.5, 0.6) is 0 Å². The first kappa shape index (κ1) is 21.4. The van der Waals surface area contributed by atoms with Gasteiger partial charge in [0.15, 0.2) is 5.96 Å². The maximum atomic E-state index is 14.4. The fourth-order valence-corrected chi connectivity index (χ4v) is 2.37. The molecule has 1 aromatic heterocycles. The van der Waals surface area contributed by atoms with Crippen molar-refractivity contribution in [2.75, 3.05) is 13.1 Å². The molecule has 0 spiro atoms. The number of aromatic nitrogens is 2. The molecule has 0 amide bonds. The molecule has 1 heterocycles. The van der Waals surface area contributed by atoms with Gasteiger partial charge in [-0.05, 0) is 38.0 Å². The third-order valence-electron chi connectivity index (χ3n) is 3.68. The van der Waals surface area contributed by atoms with E-state index in [0.29, 0.717) is 12.2 Å². The Bertz CT molecular complexity index is 684. The predicted octanol–water partition coefficient (Wildman–Crippen LogP) is 3.79. The van der Waals surface area contributed by atoms with Crippen molar-refractivity contribution >= 4 is 29.9 Å². The molecule has 0 atom stereocenters. The second-order valence-electron chi connectivity index (χ2n) is 5.61. The lowest BCUT2D eigenvalue weighted by Gasteiger charge is -2.11. The first-order valence-electron chi connectivity index (χ1n) is 8.46. The van der Waals surface area contributed by atoms with Crippen LogP contribution in [-0.2, 0) is 6.54 Å². The van der Waals surface area contributed by atoms with E-state index in [4.69, 9.17) is 0 Å². The van der Waals surface area contributed by atoms with E-state index in [9.17, 15) is 4.39 Å². The number of unbranched alkanes of at least 4 members (excludes halogenated alkanes) is 1. The molecule has 2 aromatic rings. The van der Waals surface area contributed by atoms with Gasteiger partial charge in [0.2, 0.25) is 0 Å². The minimum atomic E-state index is -0.271. The van der Waals surface area contributed by atoms with Crippen LogP contribution in [0.1, 0.15) is 38.1 Å². The fraction of sp³-hybridized carbons (Fsp3) is 0.444. The average Bonchev–Trinajstić information content (AvgIpc) is 2.99. The molecule has 0 aliphatic heterocycles. The maximum absolute atomic E-state index is 14.4. The molecule has 0 saturated carbocycles. The molecule has 0 fully saturated rings. The SMILES string of the molecule is CCCCNC(=NCc1ccc(-n2ccnc2C)c(F)c1)NCC.I. The van der Waals surface area contributed by atoms with Crippen LogP contribution in [0.25, 0.3) is 5.69 Å². The van der Waals surface area contributed by atoms with Gasteiger partial charge in [0.25, 0.3) is 0 Å². The Morgan fingerprint density at radius 2 is 2.08 bits per heavy atom. The smallest absolute Gasteiger partial charge is 0.191 e. The predicted molar refractivity (Wildman–Crippen MR) is 111 cm³/mol. The van der Waals surface area contributed by atoms with E-state index in [-0.39, 0.29) is 29.8 Å². The topological polar surface area (TPSA) is 54.2 Å². The molecule has 2 N–H and O–H groups in total. The van der Waals surface area contributed by atoms with Crippen LogP contribution >= 0.6 is 24.0 Å². The van der Waals surface area contributed by atoms with Crippen LogP contribution in [-0.4, -0.2) is 28.6 Å². The van der Waals surface area contributed by atoms with Crippen molar-refractivity contribution in [3.8, 4) is 5.69 Å². The minimum absolute atomic E-state index is 0. The highest BCUT2D eigenvalue weighted by atomic mass is 127. The number of guanidine groups is 1. The van der Waals surface area contributed by atoms with Crippen molar-refractivity contribution in [2.24, 2.45) is 4.99 Å². The van der Waals surface area contributed by atoms with E-state index in [1.54, 1.807) is 23.0 Å². The summed E-state index contributed by atoms with van der Waals surface area (Å²) in [7, 11) is 0. The van der Waals surface area contributed by atoms with Crippen LogP contribution in [0.15, 0.2) is 35.6 Å². The summed E-state index contributed by atoms with van der Waals surface area (Å²) >= 11 is 0. The first-order valence-corrected chi connectivity index (χ1v) is 8.46. The Morgan fingerprint density at radius 3 is 2.68 bits per heavy atom. The van der Waals surface area contributed by atoms with Crippen molar-refractivity contribution < 1.29 is 4.39 Å². The van der Waals surface area contributed by atoms with Gasteiger partial charge in [-0.3, -0.25) is 0 Å². The van der Waals surface area contributed by atoms with Crippen molar-refractivity contribution in [3.05, 3.63) is 47.8 Å². The van der Waals surface area contributed by atoms with Crippen molar-refractivity contribution in [2.45, 2.75) is 40.2 Å². The Labute approximate surface area is 166 Å². The molecule has 2 rings (SSSR count). The molecule has 25 heavy (non-hydrogen) atoms. The summed E-state index contributed by atoms with van der Waals surface area (Å²) in [5.41, 5.74) is 1.34. The van der Waals surface area contributed by atoms with Crippen molar-refractivity contribution in [1.82, 2.24) is 20.2 Å². The number of hydrogen-bond acceptors (Lipinski definition) is 2. The molecule has 1 aromatic carbocycles. The van der Waals surface area contributed by atoms with E-state index in [2.05, 4.69) is 27.5 Å². The molecular weight excluding hydrogens is 432 g/mol. The summed E-state index contributed by atoms with van der Waals surface area (Å²) in [6.45, 7) is 8.14. The lowest BCUT2D eigenvalue weighted by Crippen LogP contribution is -2.37. The Morgan fingerprint density at radius 1 is 1.28 bits per heavy atom. The number of benzene rings is 1. The molecule has 0 aliphatic rings. The molecule has 0 unspecified atom stereocenters. The van der Waals surface area contributed by atoms with Crippen LogP contribution in [0.2, 0.25) is 0 Å². The standard InChI is InChI=1S/C18H26FN5.HI/c1-4-6-9-22-18(20-5-2)23-13-15-7-8-17(16(19)12-15)24-11-10-21-14(24)3;/h7-8,10-12H,4-6,9,13H2,1-3H3,(H2,20,22,23);1H. The highest BCUT2D eigenvalue weighted by molar-refractivity contribution is 14.0. The van der Waals surface area contributed by atoms with Gasteiger partial charge in [0, 0.05) is 25.5 Å². The number of aliphatic imine (C=N–C) groups is 1. The van der Waals surface area contributed by atoms with E-state index >= 15 is 0 Å². The molecule has 138 valence electrons. The molecule has 0 saturated heterocycles. The Hall–Kier alpha value is -1.64. The number of nitrogens with one attached hydrogen (secondary N) is 2. The molecule has 0 bridgehead atoms. The van der Waals surface area contributed by atoms with Gasteiger partial charge >= 0.3 is 0 Å². The first-order chi connectivity index (χ1) is 11.7. The normalized spacial score (nSPS) is 11.1. The lowest BCUT2D eigenvalue weighted by molar-refractivity contribution is 0.614. The number of rotatable bonds is 7. The van der Waals surface area contributed by atoms with Crippen LogP contribution in [0, 0.1) is 12.7 Å². The average molecular weight is 459 g/mol. The molecule has 0 radical (unpaired) electrons. The van der Waals surface area contributed by atoms with Gasteiger partial charge in [-0.25, -0.2) is 14.4 Å². The highest BCUT2D eigenvalue weighted by Gasteiger charge is 2.08. The van der Waals surface area contributed by atoms with Crippen LogP contribution < -0.4 is 10.6 Å². The number of halogens is 2. The van der Waals surface area contributed by atoms with Gasteiger partial charge < -0.3 is 15.2 Å². The van der Waals surface area contributed by atoms with Crippen molar-refractivity contribution in [1.29, 1.82) is 0 Å². The summed E-state index contributed by atoms with van der Waals surface area (Å²) in [6, 6.07) is 5.21. The Kier molecular flexibility index (Phi) is 9.48. The summed E-state index contributed by atoms with van der Waals surface area (Å²) in [5, 5.41) is 6.48. The molecular formula is C18H27FIN5. The summed E-state index contributed by atoms with van der Waals surface area (Å²) in [5.74, 6) is 1.25. The van der Waals surface area contributed by atoms with Gasteiger partial charge in [0.1, 0.15) is 11.6 Å². The number of hydrogen-bond donors (Lipinski definition) is 2. The van der Waals surface area contributed by atoms with Gasteiger partial charge in [0.05, 0.1) is 12.2 Å². The highest BCUT2D eigenvalue weighted by Crippen LogP contribution is 2.17. The van der Waals surface area contributed by atoms with Crippen molar-refractivity contribution in [3.63, 3.8) is 0 Å². The molecule has 0 aliphatic carbocycles.